The van der Waals surface area contributed by atoms with E-state index in [0.717, 1.165) is 55.2 Å². The summed E-state index contributed by atoms with van der Waals surface area (Å²) < 4.78 is 2.10. The lowest BCUT2D eigenvalue weighted by molar-refractivity contribution is 0.241. The predicted molar refractivity (Wildman–Crippen MR) is 121 cm³/mol. The molecule has 3 N–H and O–H groups in total. The normalized spacial score (nSPS) is 17.0. The van der Waals surface area contributed by atoms with Crippen molar-refractivity contribution in [2.24, 2.45) is 0 Å². The number of benzene rings is 1. The summed E-state index contributed by atoms with van der Waals surface area (Å²) in [5, 5.41) is 4.95. The number of fused-ring (bicyclic) bond motifs is 1. The van der Waals surface area contributed by atoms with Gasteiger partial charge in [-0.3, -0.25) is 14.7 Å². The van der Waals surface area contributed by atoms with Crippen LogP contribution in [-0.2, 0) is 19.5 Å². The first-order valence-electron chi connectivity index (χ1n) is 11.1. The highest BCUT2D eigenvalue weighted by atomic mass is 16.1. The lowest BCUT2D eigenvalue weighted by atomic mass is 10.1. The van der Waals surface area contributed by atoms with E-state index in [-0.39, 0.29) is 11.5 Å². The van der Waals surface area contributed by atoms with Gasteiger partial charge in [-0.2, -0.15) is 5.10 Å². The van der Waals surface area contributed by atoms with Crippen LogP contribution in [0.5, 0.6) is 0 Å². The Kier molecular flexibility index (Phi) is 5.23. The van der Waals surface area contributed by atoms with E-state index >= 15 is 0 Å². The molecule has 0 spiro atoms. The minimum atomic E-state index is -0.125. The third-order valence-corrected chi connectivity index (χ3v) is 6.36. The van der Waals surface area contributed by atoms with Crippen molar-refractivity contribution in [2.75, 3.05) is 30.3 Å². The van der Waals surface area contributed by atoms with Crippen molar-refractivity contribution in [3.05, 3.63) is 63.2 Å². The Balaban J connectivity index is 1.50. The molecule has 8 heteroatoms. The molecule has 0 unspecified atom stereocenters. The average Bonchev–Trinajstić information content (AvgIpc) is 3.11. The molecule has 8 nitrogen and oxygen atoms in total. The maximum atomic E-state index is 12.4. The number of aromatic amines is 1. The van der Waals surface area contributed by atoms with E-state index in [2.05, 4.69) is 55.6 Å². The number of H-pyrrole nitrogens is 1. The summed E-state index contributed by atoms with van der Waals surface area (Å²) in [4.78, 5) is 24.2. The summed E-state index contributed by atoms with van der Waals surface area (Å²) in [5.74, 6) is 1.39. The van der Waals surface area contributed by atoms with Gasteiger partial charge in [0.1, 0.15) is 5.82 Å². The number of hydrogen-bond acceptors (Lipinski definition) is 6. The second-order valence-corrected chi connectivity index (χ2v) is 8.52. The standard InChI is InChI=1S/C23H29N7O/c1-16-18(14-28-13-10-20-19(15-28)21(31)26-23(24)25-20)22(29-11-6-3-7-12-29)30(27-16)17-8-4-2-5-9-17/h2,4-5,8-9H,3,6-7,10-15H2,1H3,(H3,24,25,26,31). The van der Waals surface area contributed by atoms with E-state index in [1.807, 2.05) is 6.07 Å². The quantitative estimate of drug-likeness (QED) is 0.674. The number of nitrogens with zero attached hydrogens (tertiary/aromatic N) is 5. The highest BCUT2D eigenvalue weighted by Gasteiger charge is 2.27. The van der Waals surface area contributed by atoms with E-state index in [4.69, 9.17) is 10.8 Å². The van der Waals surface area contributed by atoms with E-state index in [1.54, 1.807) is 0 Å². The van der Waals surface area contributed by atoms with E-state index in [9.17, 15) is 4.79 Å². The number of nitrogens with one attached hydrogen (secondary N) is 1. The predicted octanol–water partition coefficient (Wildman–Crippen LogP) is 2.39. The lowest BCUT2D eigenvalue weighted by Crippen LogP contribution is -2.37. The maximum Gasteiger partial charge on any atom is 0.257 e. The van der Waals surface area contributed by atoms with Crippen LogP contribution in [0.2, 0.25) is 0 Å². The second-order valence-electron chi connectivity index (χ2n) is 8.52. The Morgan fingerprint density at radius 3 is 2.65 bits per heavy atom. The zero-order valence-electron chi connectivity index (χ0n) is 18.0. The van der Waals surface area contributed by atoms with E-state index in [1.165, 1.54) is 30.6 Å². The van der Waals surface area contributed by atoms with Crippen LogP contribution in [0, 0.1) is 6.92 Å². The Morgan fingerprint density at radius 2 is 1.87 bits per heavy atom. The number of aryl methyl sites for hydroxylation is 1. The number of aromatic nitrogens is 4. The van der Waals surface area contributed by atoms with Gasteiger partial charge in [-0.25, -0.2) is 9.67 Å². The smallest absolute Gasteiger partial charge is 0.257 e. The number of para-hydroxylation sites is 1. The van der Waals surface area contributed by atoms with Gasteiger partial charge in [0.05, 0.1) is 22.6 Å². The summed E-state index contributed by atoms with van der Waals surface area (Å²) in [6.07, 6.45) is 4.43. The number of nitrogens with two attached hydrogens (primary N) is 1. The van der Waals surface area contributed by atoms with Crippen LogP contribution in [0.4, 0.5) is 11.8 Å². The third-order valence-electron chi connectivity index (χ3n) is 6.36. The molecule has 2 aliphatic heterocycles. The van der Waals surface area contributed by atoms with Crippen molar-refractivity contribution in [1.29, 1.82) is 0 Å². The van der Waals surface area contributed by atoms with Crippen molar-refractivity contribution < 1.29 is 0 Å². The molecule has 0 atom stereocenters. The van der Waals surface area contributed by atoms with Gasteiger partial charge in [0, 0.05) is 44.7 Å². The molecule has 4 heterocycles. The summed E-state index contributed by atoms with van der Waals surface area (Å²) in [6.45, 7) is 6.38. The van der Waals surface area contributed by atoms with Crippen LogP contribution in [0.25, 0.3) is 5.69 Å². The zero-order valence-corrected chi connectivity index (χ0v) is 18.0. The Morgan fingerprint density at radius 1 is 1.10 bits per heavy atom. The molecule has 0 saturated carbocycles. The fraction of sp³-hybridized carbons (Fsp3) is 0.435. The van der Waals surface area contributed by atoms with Gasteiger partial charge < -0.3 is 10.6 Å². The molecule has 2 aliphatic rings. The van der Waals surface area contributed by atoms with Crippen molar-refractivity contribution in [1.82, 2.24) is 24.6 Å². The van der Waals surface area contributed by atoms with Crippen LogP contribution < -0.4 is 16.2 Å². The van der Waals surface area contributed by atoms with E-state index in [0.29, 0.717) is 6.54 Å². The van der Waals surface area contributed by atoms with Crippen LogP contribution in [0.15, 0.2) is 35.1 Å². The molecule has 1 saturated heterocycles. The monoisotopic (exact) mass is 419 g/mol. The van der Waals surface area contributed by atoms with Crippen LogP contribution in [0.3, 0.4) is 0 Å². The van der Waals surface area contributed by atoms with Crippen molar-refractivity contribution >= 4 is 11.8 Å². The second kappa shape index (κ2) is 8.19. The minimum Gasteiger partial charge on any atom is -0.369 e. The van der Waals surface area contributed by atoms with Gasteiger partial charge >= 0.3 is 0 Å². The number of rotatable bonds is 4. The molecule has 0 aliphatic carbocycles. The molecule has 5 rings (SSSR count). The molecular weight excluding hydrogens is 390 g/mol. The van der Waals surface area contributed by atoms with Gasteiger partial charge in [-0.15, -0.1) is 0 Å². The molecule has 1 fully saturated rings. The summed E-state index contributed by atoms with van der Waals surface area (Å²) in [7, 11) is 0. The largest absolute Gasteiger partial charge is 0.369 e. The van der Waals surface area contributed by atoms with Crippen molar-refractivity contribution in [2.45, 2.75) is 45.7 Å². The first kappa shape index (κ1) is 19.8. The van der Waals surface area contributed by atoms with Gasteiger partial charge in [-0.1, -0.05) is 18.2 Å². The topological polar surface area (TPSA) is 96.1 Å². The highest BCUT2D eigenvalue weighted by molar-refractivity contribution is 5.55. The Bertz CT molecular complexity index is 1130. The summed E-state index contributed by atoms with van der Waals surface area (Å²) >= 11 is 0. The number of nitrogen functional groups attached to an aromatic ring is 1. The average molecular weight is 420 g/mol. The lowest BCUT2D eigenvalue weighted by Gasteiger charge is -2.32. The van der Waals surface area contributed by atoms with E-state index < -0.39 is 0 Å². The van der Waals surface area contributed by atoms with Crippen LogP contribution in [-0.4, -0.2) is 44.3 Å². The van der Waals surface area contributed by atoms with Gasteiger partial charge in [0.2, 0.25) is 5.95 Å². The molecule has 31 heavy (non-hydrogen) atoms. The maximum absolute atomic E-state index is 12.4. The minimum absolute atomic E-state index is 0.125. The summed E-state index contributed by atoms with van der Waals surface area (Å²) in [5.41, 5.74) is 10.5. The Hall–Kier alpha value is -3.13. The number of anilines is 2. The Labute approximate surface area is 181 Å². The summed E-state index contributed by atoms with van der Waals surface area (Å²) in [6, 6.07) is 10.4. The van der Waals surface area contributed by atoms with Crippen LogP contribution in [0.1, 0.15) is 41.8 Å². The fourth-order valence-electron chi connectivity index (χ4n) is 4.77. The molecule has 0 amide bonds. The first-order valence-corrected chi connectivity index (χ1v) is 11.1. The molecule has 0 radical (unpaired) electrons. The van der Waals surface area contributed by atoms with Gasteiger partial charge in [-0.05, 0) is 38.3 Å². The van der Waals surface area contributed by atoms with Gasteiger partial charge in [0.15, 0.2) is 0 Å². The molecule has 3 aromatic rings. The number of hydrogen-bond donors (Lipinski definition) is 2. The highest BCUT2D eigenvalue weighted by Crippen LogP contribution is 2.31. The molecule has 0 bridgehead atoms. The molecule has 162 valence electrons. The fourth-order valence-corrected chi connectivity index (χ4v) is 4.77. The molecule has 2 aromatic heterocycles. The zero-order chi connectivity index (χ0) is 21.4. The van der Waals surface area contributed by atoms with Crippen molar-refractivity contribution in [3.63, 3.8) is 0 Å². The third kappa shape index (κ3) is 3.83. The van der Waals surface area contributed by atoms with Crippen molar-refractivity contribution in [3.8, 4) is 5.69 Å². The van der Waals surface area contributed by atoms with Crippen LogP contribution >= 0.6 is 0 Å². The first-order chi connectivity index (χ1) is 15.1. The molecular formula is C23H29N7O. The van der Waals surface area contributed by atoms with Gasteiger partial charge in [0.25, 0.3) is 5.56 Å². The molecule has 1 aromatic carbocycles. The SMILES string of the molecule is Cc1nn(-c2ccccc2)c(N2CCCCC2)c1CN1CCc2nc(N)[nH]c(=O)c2C1. The number of piperidine rings is 1.